The van der Waals surface area contributed by atoms with E-state index >= 15 is 0 Å². The molecule has 1 saturated heterocycles. The van der Waals surface area contributed by atoms with Gasteiger partial charge in [-0.25, -0.2) is 0 Å². The smallest absolute Gasteiger partial charge is 0.157 e. The summed E-state index contributed by atoms with van der Waals surface area (Å²) in [6, 6.07) is 6.66. The fourth-order valence-electron chi connectivity index (χ4n) is 3.03. The van der Waals surface area contributed by atoms with E-state index in [1.807, 2.05) is 0 Å². The Morgan fingerprint density at radius 2 is 2.16 bits per heavy atom. The van der Waals surface area contributed by atoms with Gasteiger partial charge in [0, 0.05) is 11.1 Å². The zero-order valence-electron chi connectivity index (χ0n) is 11.2. The first-order valence-electron chi connectivity index (χ1n) is 7.32. The summed E-state index contributed by atoms with van der Waals surface area (Å²) in [6.07, 6.45) is 7.10. The van der Waals surface area contributed by atoms with Crippen molar-refractivity contribution >= 4 is 15.9 Å². The lowest BCUT2D eigenvalue weighted by Gasteiger charge is -2.28. The monoisotopic (exact) mass is 324 g/mol. The van der Waals surface area contributed by atoms with E-state index in [-0.39, 0.29) is 6.29 Å². The summed E-state index contributed by atoms with van der Waals surface area (Å²) in [5.74, 6) is 0.646. The molecule has 0 aromatic heterocycles. The first kappa shape index (κ1) is 13.6. The Balaban J connectivity index is 1.53. The second-order valence-electron chi connectivity index (χ2n) is 5.65. The fourth-order valence-corrected chi connectivity index (χ4v) is 3.44. The molecule has 1 aromatic rings. The lowest BCUT2D eigenvalue weighted by atomic mass is 9.84. The Bertz CT molecular complexity index is 427. The van der Waals surface area contributed by atoms with Crippen molar-refractivity contribution in [3.63, 3.8) is 0 Å². The Labute approximate surface area is 123 Å². The molecule has 0 saturated carbocycles. The molecule has 0 radical (unpaired) electrons. The molecule has 3 rings (SSSR count). The standard InChI is InChI=1S/C16H21BrO2/c17-15-7-6-13-5-4-12(9-14(13)10-15)11-19-16-3-1-2-8-18-16/h6-7,10,12,16H,1-5,8-9,11H2/t12-,16+/m1/s1. The number of aryl methyl sites for hydroxylation is 1. The molecular weight excluding hydrogens is 304 g/mol. The van der Waals surface area contributed by atoms with Crippen LogP contribution in [-0.4, -0.2) is 19.5 Å². The van der Waals surface area contributed by atoms with Crippen LogP contribution in [0.1, 0.15) is 36.8 Å². The van der Waals surface area contributed by atoms with E-state index in [0.29, 0.717) is 5.92 Å². The molecule has 0 unspecified atom stereocenters. The number of hydrogen-bond acceptors (Lipinski definition) is 2. The number of ether oxygens (including phenoxy) is 2. The van der Waals surface area contributed by atoms with E-state index in [1.54, 1.807) is 0 Å². The highest BCUT2D eigenvalue weighted by atomic mass is 79.9. The Kier molecular flexibility index (Phi) is 4.57. The van der Waals surface area contributed by atoms with E-state index in [9.17, 15) is 0 Å². The van der Waals surface area contributed by atoms with Crippen molar-refractivity contribution in [2.24, 2.45) is 5.92 Å². The quantitative estimate of drug-likeness (QED) is 0.833. The highest BCUT2D eigenvalue weighted by Crippen LogP contribution is 2.28. The maximum Gasteiger partial charge on any atom is 0.157 e. The first-order chi connectivity index (χ1) is 9.31. The summed E-state index contributed by atoms with van der Waals surface area (Å²) < 4.78 is 12.7. The van der Waals surface area contributed by atoms with Gasteiger partial charge in [0.25, 0.3) is 0 Å². The summed E-state index contributed by atoms with van der Waals surface area (Å²) >= 11 is 3.56. The van der Waals surface area contributed by atoms with E-state index in [1.165, 1.54) is 41.3 Å². The number of benzene rings is 1. The third-order valence-electron chi connectivity index (χ3n) is 4.15. The number of fused-ring (bicyclic) bond motifs is 1. The molecule has 0 spiro atoms. The highest BCUT2D eigenvalue weighted by molar-refractivity contribution is 9.10. The Morgan fingerprint density at radius 1 is 1.21 bits per heavy atom. The molecule has 1 fully saturated rings. The van der Waals surface area contributed by atoms with Crippen LogP contribution in [0.25, 0.3) is 0 Å². The van der Waals surface area contributed by atoms with Crippen LogP contribution in [0, 0.1) is 5.92 Å². The number of halogens is 1. The van der Waals surface area contributed by atoms with E-state index in [2.05, 4.69) is 34.1 Å². The number of rotatable bonds is 3. The minimum Gasteiger partial charge on any atom is -0.353 e. The zero-order chi connectivity index (χ0) is 13.1. The predicted octanol–water partition coefficient (Wildman–Crippen LogP) is 4.10. The topological polar surface area (TPSA) is 18.5 Å². The Morgan fingerprint density at radius 3 is 3.00 bits per heavy atom. The van der Waals surface area contributed by atoms with Gasteiger partial charge in [-0.05, 0) is 67.7 Å². The summed E-state index contributed by atoms with van der Waals surface area (Å²) in [6.45, 7) is 1.71. The van der Waals surface area contributed by atoms with E-state index < -0.39 is 0 Å². The SMILES string of the molecule is Brc1ccc2c(c1)C[C@H](CO[C@H]1CCCCO1)CC2. The summed E-state index contributed by atoms with van der Waals surface area (Å²) in [5, 5.41) is 0. The largest absolute Gasteiger partial charge is 0.353 e. The van der Waals surface area contributed by atoms with Crippen molar-refractivity contribution in [2.45, 2.75) is 44.8 Å². The van der Waals surface area contributed by atoms with Crippen molar-refractivity contribution in [2.75, 3.05) is 13.2 Å². The molecule has 19 heavy (non-hydrogen) atoms. The molecule has 2 aliphatic rings. The van der Waals surface area contributed by atoms with E-state index in [4.69, 9.17) is 9.47 Å². The van der Waals surface area contributed by atoms with Crippen molar-refractivity contribution in [1.29, 1.82) is 0 Å². The second kappa shape index (κ2) is 6.38. The van der Waals surface area contributed by atoms with Gasteiger partial charge in [-0.15, -0.1) is 0 Å². The van der Waals surface area contributed by atoms with E-state index in [0.717, 1.165) is 26.1 Å². The average molecular weight is 325 g/mol. The van der Waals surface area contributed by atoms with Crippen LogP contribution in [0.2, 0.25) is 0 Å². The van der Waals surface area contributed by atoms with Gasteiger partial charge in [0.15, 0.2) is 6.29 Å². The predicted molar refractivity (Wildman–Crippen MR) is 79.2 cm³/mol. The van der Waals surface area contributed by atoms with Gasteiger partial charge in [-0.2, -0.15) is 0 Å². The van der Waals surface area contributed by atoms with Gasteiger partial charge in [0.05, 0.1) is 6.61 Å². The average Bonchev–Trinajstić information content (AvgIpc) is 2.46. The maximum atomic E-state index is 5.93. The van der Waals surface area contributed by atoms with Crippen molar-refractivity contribution in [3.8, 4) is 0 Å². The Hall–Kier alpha value is -0.380. The lowest BCUT2D eigenvalue weighted by molar-refractivity contribution is -0.169. The zero-order valence-corrected chi connectivity index (χ0v) is 12.8. The van der Waals surface area contributed by atoms with Gasteiger partial charge in [-0.1, -0.05) is 22.0 Å². The van der Waals surface area contributed by atoms with Crippen molar-refractivity contribution in [3.05, 3.63) is 33.8 Å². The molecule has 0 N–H and O–H groups in total. The molecule has 1 heterocycles. The maximum absolute atomic E-state index is 5.93. The molecule has 0 bridgehead atoms. The van der Waals surface area contributed by atoms with Gasteiger partial charge < -0.3 is 9.47 Å². The van der Waals surface area contributed by atoms with Crippen molar-refractivity contribution < 1.29 is 9.47 Å². The normalized spacial score (nSPS) is 27.0. The molecular formula is C16H21BrO2. The summed E-state index contributed by atoms with van der Waals surface area (Å²) in [5.41, 5.74) is 2.99. The lowest BCUT2D eigenvalue weighted by Crippen LogP contribution is -2.27. The fraction of sp³-hybridized carbons (Fsp3) is 0.625. The van der Waals surface area contributed by atoms with Gasteiger partial charge in [0.2, 0.25) is 0 Å². The molecule has 3 heteroatoms. The molecule has 1 aliphatic heterocycles. The third kappa shape index (κ3) is 3.59. The van der Waals surface area contributed by atoms with Crippen molar-refractivity contribution in [1.82, 2.24) is 0 Å². The molecule has 2 atom stereocenters. The van der Waals surface area contributed by atoms with Crippen LogP contribution >= 0.6 is 15.9 Å². The van der Waals surface area contributed by atoms with Crippen LogP contribution in [-0.2, 0) is 22.3 Å². The minimum atomic E-state index is 0.0534. The van der Waals surface area contributed by atoms with Crippen LogP contribution in [0.5, 0.6) is 0 Å². The summed E-state index contributed by atoms with van der Waals surface area (Å²) in [4.78, 5) is 0. The number of hydrogen-bond donors (Lipinski definition) is 0. The third-order valence-corrected chi connectivity index (χ3v) is 4.65. The second-order valence-corrected chi connectivity index (χ2v) is 6.57. The molecule has 2 nitrogen and oxygen atoms in total. The van der Waals surface area contributed by atoms with Gasteiger partial charge in [-0.3, -0.25) is 0 Å². The van der Waals surface area contributed by atoms with Gasteiger partial charge >= 0.3 is 0 Å². The molecule has 104 valence electrons. The van der Waals surface area contributed by atoms with Crippen LogP contribution < -0.4 is 0 Å². The highest BCUT2D eigenvalue weighted by Gasteiger charge is 2.21. The molecule has 0 amide bonds. The minimum absolute atomic E-state index is 0.0534. The van der Waals surface area contributed by atoms with Gasteiger partial charge in [0.1, 0.15) is 0 Å². The van der Waals surface area contributed by atoms with Crippen LogP contribution in [0.4, 0.5) is 0 Å². The summed E-state index contributed by atoms with van der Waals surface area (Å²) in [7, 11) is 0. The van der Waals surface area contributed by atoms with Crippen LogP contribution in [0.3, 0.4) is 0 Å². The molecule has 1 aliphatic carbocycles. The molecule has 1 aromatic carbocycles. The first-order valence-corrected chi connectivity index (χ1v) is 8.11. The van der Waals surface area contributed by atoms with Crippen LogP contribution in [0.15, 0.2) is 22.7 Å².